The highest BCUT2D eigenvalue weighted by molar-refractivity contribution is 6.81. The Balaban J connectivity index is 4.72. The van der Waals surface area contributed by atoms with Crippen molar-refractivity contribution in [2.24, 2.45) is 0 Å². The van der Waals surface area contributed by atoms with E-state index in [2.05, 4.69) is 60.4 Å². The van der Waals surface area contributed by atoms with Gasteiger partial charge >= 0.3 is 0 Å². The van der Waals surface area contributed by atoms with Crippen LogP contribution in [0.4, 0.5) is 0 Å². The molecule has 0 bridgehead atoms. The fraction of sp³-hybridized carbons (Fsp3) is 1.00. The molecule has 0 aromatic heterocycles. The molecule has 3 heteroatoms. The summed E-state index contributed by atoms with van der Waals surface area (Å²) in [6.07, 6.45) is 1.24. The van der Waals surface area contributed by atoms with Crippen LogP contribution in [0.5, 0.6) is 0 Å². The van der Waals surface area contributed by atoms with Crippen LogP contribution in [-0.4, -0.2) is 21.6 Å². The first kappa shape index (κ1) is 15.4. The zero-order chi connectivity index (χ0) is 12.5. The number of rotatable bonds is 5. The summed E-state index contributed by atoms with van der Waals surface area (Å²) in [5.74, 6) is 0. The van der Waals surface area contributed by atoms with Crippen molar-refractivity contribution < 1.29 is 4.43 Å². The molecule has 0 rings (SSSR count). The molecule has 0 aromatic rings. The minimum atomic E-state index is -1.52. The average molecular weight is 247 g/mol. The van der Waals surface area contributed by atoms with E-state index in [9.17, 15) is 0 Å². The second kappa shape index (κ2) is 4.72. The molecule has 1 unspecified atom stereocenters. The maximum atomic E-state index is 6.54. The van der Waals surface area contributed by atoms with Gasteiger partial charge in [-0.15, -0.1) is 0 Å². The van der Waals surface area contributed by atoms with Gasteiger partial charge in [-0.1, -0.05) is 39.9 Å². The van der Waals surface area contributed by atoms with Crippen LogP contribution in [0.15, 0.2) is 0 Å². The molecule has 0 radical (unpaired) electrons. The largest absolute Gasteiger partial charge is 0.415 e. The van der Waals surface area contributed by atoms with Crippen molar-refractivity contribution in [2.75, 3.05) is 0 Å². The number of hydrogen-bond donors (Lipinski definition) is 0. The van der Waals surface area contributed by atoms with Gasteiger partial charge in [0.2, 0.25) is 0 Å². The molecule has 0 spiro atoms. The van der Waals surface area contributed by atoms with Gasteiger partial charge < -0.3 is 4.43 Å². The van der Waals surface area contributed by atoms with Crippen LogP contribution < -0.4 is 0 Å². The summed E-state index contributed by atoms with van der Waals surface area (Å²) >= 11 is 0. The third-order valence-electron chi connectivity index (χ3n) is 4.12. The Morgan fingerprint density at radius 3 is 1.73 bits per heavy atom. The van der Waals surface area contributed by atoms with Crippen molar-refractivity contribution in [3.63, 3.8) is 0 Å². The fourth-order valence-electron chi connectivity index (χ4n) is 1.40. The van der Waals surface area contributed by atoms with Crippen molar-refractivity contribution in [1.82, 2.24) is 0 Å². The minimum Gasteiger partial charge on any atom is -0.415 e. The highest BCUT2D eigenvalue weighted by Gasteiger charge is 2.42. The van der Waals surface area contributed by atoms with E-state index in [0.29, 0.717) is 0 Å². The maximum Gasteiger partial charge on any atom is 0.189 e. The normalized spacial score (nSPS) is 16.6. The van der Waals surface area contributed by atoms with E-state index in [1.807, 2.05) is 0 Å². The molecule has 0 fully saturated rings. The third-order valence-corrected chi connectivity index (χ3v) is 11.9. The highest BCUT2D eigenvalue weighted by atomic mass is 28.4. The molecule has 15 heavy (non-hydrogen) atoms. The predicted octanol–water partition coefficient (Wildman–Crippen LogP) is 4.66. The van der Waals surface area contributed by atoms with Gasteiger partial charge in [-0.05, 0) is 32.5 Å². The van der Waals surface area contributed by atoms with E-state index < -0.39 is 16.4 Å². The third kappa shape index (κ3) is 4.04. The molecule has 0 saturated carbocycles. The quantitative estimate of drug-likeness (QED) is 0.641. The molecule has 92 valence electrons. The zero-order valence-corrected chi connectivity index (χ0v) is 14.2. The second-order valence-electron chi connectivity index (χ2n) is 6.78. The molecule has 0 N–H and O–H groups in total. The molecular weight excluding hydrogens is 216 g/mol. The first-order valence-corrected chi connectivity index (χ1v) is 12.6. The topological polar surface area (TPSA) is 9.23 Å². The van der Waals surface area contributed by atoms with Crippen molar-refractivity contribution in [3.05, 3.63) is 0 Å². The molecule has 0 aliphatic rings. The van der Waals surface area contributed by atoms with Gasteiger partial charge in [-0.3, -0.25) is 0 Å². The van der Waals surface area contributed by atoms with Gasteiger partial charge in [0, 0.05) is 5.22 Å². The van der Waals surface area contributed by atoms with E-state index >= 15 is 0 Å². The lowest BCUT2D eigenvalue weighted by molar-refractivity contribution is 0.169. The van der Waals surface area contributed by atoms with E-state index in [-0.39, 0.29) is 5.22 Å². The summed E-state index contributed by atoms with van der Waals surface area (Å²) in [5, 5.41) is 0.103. The maximum absolute atomic E-state index is 6.54. The molecule has 0 heterocycles. The van der Waals surface area contributed by atoms with Gasteiger partial charge in [-0.2, -0.15) is 0 Å². The van der Waals surface area contributed by atoms with Gasteiger partial charge in [0.1, 0.15) is 0 Å². The predicted molar refractivity (Wildman–Crippen MR) is 75.7 cm³/mol. The lowest BCUT2D eigenvalue weighted by Gasteiger charge is -2.45. The Morgan fingerprint density at radius 2 is 1.47 bits per heavy atom. The fourth-order valence-corrected chi connectivity index (χ4v) is 5.92. The van der Waals surface area contributed by atoms with E-state index in [1.54, 1.807) is 0 Å². The van der Waals surface area contributed by atoms with Crippen LogP contribution in [-0.2, 0) is 4.43 Å². The molecule has 1 atom stereocenters. The highest BCUT2D eigenvalue weighted by Crippen LogP contribution is 2.34. The molecule has 0 aliphatic heterocycles. The Bertz CT molecular complexity index is 204. The molecule has 1 nitrogen and oxygen atoms in total. The molecule has 0 aromatic carbocycles. The number of hydrogen-bond acceptors (Lipinski definition) is 1. The Morgan fingerprint density at radius 1 is 1.07 bits per heavy atom. The van der Waals surface area contributed by atoms with Crippen molar-refractivity contribution in [2.45, 2.75) is 77.6 Å². The summed E-state index contributed by atoms with van der Waals surface area (Å²) in [4.78, 5) is 0. The Labute approximate surface area is 98.8 Å². The lowest BCUT2D eigenvalue weighted by Crippen LogP contribution is -2.56. The average Bonchev–Trinajstić information content (AvgIpc) is 1.98. The first-order chi connectivity index (χ1) is 6.44. The summed E-state index contributed by atoms with van der Waals surface area (Å²) in [7, 11) is -2.76. The molecule has 0 aliphatic carbocycles. The monoisotopic (exact) mass is 246 g/mol. The smallest absolute Gasteiger partial charge is 0.189 e. The van der Waals surface area contributed by atoms with Crippen LogP contribution in [0.25, 0.3) is 0 Å². The van der Waals surface area contributed by atoms with Gasteiger partial charge in [0.05, 0.1) is 8.07 Å². The Kier molecular flexibility index (Phi) is 4.84. The lowest BCUT2D eigenvalue weighted by atomic mass is 10.4. The summed E-state index contributed by atoms with van der Waals surface area (Å²) in [6, 6.07) is 0. The Hall–Kier alpha value is 0.394. The van der Waals surface area contributed by atoms with Crippen LogP contribution in [0.3, 0.4) is 0 Å². The van der Waals surface area contributed by atoms with Gasteiger partial charge in [0.15, 0.2) is 8.32 Å². The standard InChI is InChI=1S/C12H30OSi2/c1-10-11(2)15(8,9)13-12(3,4)14(5,6)7/h11H,10H2,1-9H3. The van der Waals surface area contributed by atoms with E-state index in [0.717, 1.165) is 5.54 Å². The van der Waals surface area contributed by atoms with E-state index in [1.165, 1.54) is 6.42 Å². The second-order valence-corrected chi connectivity index (χ2v) is 16.9. The zero-order valence-electron chi connectivity index (χ0n) is 12.2. The molecule has 0 amide bonds. The summed E-state index contributed by atoms with van der Waals surface area (Å²) in [6.45, 7) is 21.1. The van der Waals surface area contributed by atoms with Crippen molar-refractivity contribution in [3.8, 4) is 0 Å². The van der Waals surface area contributed by atoms with E-state index in [4.69, 9.17) is 4.43 Å². The van der Waals surface area contributed by atoms with Crippen molar-refractivity contribution in [1.29, 1.82) is 0 Å². The summed E-state index contributed by atoms with van der Waals surface area (Å²) in [5.41, 5.74) is 0.744. The van der Waals surface area contributed by atoms with Gasteiger partial charge in [-0.25, -0.2) is 0 Å². The van der Waals surface area contributed by atoms with Crippen molar-refractivity contribution >= 4 is 16.4 Å². The van der Waals surface area contributed by atoms with Crippen LogP contribution >= 0.6 is 0 Å². The first-order valence-electron chi connectivity index (χ1n) is 6.14. The molecular formula is C12H30OSi2. The molecule has 0 saturated heterocycles. The minimum absolute atomic E-state index is 0.103. The van der Waals surface area contributed by atoms with Crippen LogP contribution in [0.1, 0.15) is 34.1 Å². The SMILES string of the molecule is CCC(C)[Si](C)(C)OC(C)(C)[Si](C)(C)C. The van der Waals surface area contributed by atoms with Crippen LogP contribution in [0, 0.1) is 0 Å². The van der Waals surface area contributed by atoms with Crippen LogP contribution in [0.2, 0.25) is 38.3 Å². The van der Waals surface area contributed by atoms with Gasteiger partial charge in [0.25, 0.3) is 0 Å². The summed E-state index contributed by atoms with van der Waals surface area (Å²) < 4.78 is 6.54.